The summed E-state index contributed by atoms with van der Waals surface area (Å²) in [6, 6.07) is 7.45. The van der Waals surface area contributed by atoms with E-state index in [0.717, 1.165) is 10.0 Å². The van der Waals surface area contributed by atoms with Gasteiger partial charge in [0.15, 0.2) is 0 Å². The van der Waals surface area contributed by atoms with E-state index in [2.05, 4.69) is 31.3 Å². The van der Waals surface area contributed by atoms with Crippen LogP contribution in [0.4, 0.5) is 13.2 Å². The van der Waals surface area contributed by atoms with E-state index >= 15 is 0 Å². The SMILES string of the molecule is O=C(CCCCCn1nnc(-c2ccc(Br)cc2)n1)C(F)(F)F. The molecule has 0 saturated heterocycles. The first-order chi connectivity index (χ1) is 10.9. The van der Waals surface area contributed by atoms with E-state index in [1.807, 2.05) is 24.3 Å². The monoisotopic (exact) mass is 390 g/mol. The fourth-order valence-corrected chi connectivity index (χ4v) is 2.17. The summed E-state index contributed by atoms with van der Waals surface area (Å²) >= 11 is 3.34. The summed E-state index contributed by atoms with van der Waals surface area (Å²) in [5.74, 6) is -1.18. The number of halogens is 4. The number of alkyl halides is 3. The van der Waals surface area contributed by atoms with Crippen molar-refractivity contribution in [2.45, 2.75) is 38.4 Å². The van der Waals surface area contributed by atoms with Crippen molar-refractivity contribution >= 4 is 21.7 Å². The number of rotatable bonds is 7. The fraction of sp³-hybridized carbons (Fsp3) is 0.429. The molecule has 5 nitrogen and oxygen atoms in total. The molecule has 1 aromatic carbocycles. The van der Waals surface area contributed by atoms with Crippen LogP contribution in [-0.2, 0) is 11.3 Å². The molecule has 0 unspecified atom stereocenters. The lowest BCUT2D eigenvalue weighted by Gasteiger charge is -2.04. The van der Waals surface area contributed by atoms with Crippen molar-refractivity contribution < 1.29 is 18.0 Å². The van der Waals surface area contributed by atoms with Gasteiger partial charge in [-0.15, -0.1) is 10.2 Å². The predicted molar refractivity (Wildman–Crippen MR) is 80.5 cm³/mol. The summed E-state index contributed by atoms with van der Waals surface area (Å²) in [6.07, 6.45) is -3.92. The Morgan fingerprint density at radius 1 is 1.13 bits per heavy atom. The number of nitrogens with zero attached hydrogens (tertiary/aromatic N) is 4. The van der Waals surface area contributed by atoms with E-state index < -0.39 is 18.4 Å². The van der Waals surface area contributed by atoms with Gasteiger partial charge in [0.05, 0.1) is 6.54 Å². The third kappa shape index (κ3) is 5.42. The van der Waals surface area contributed by atoms with Crippen LogP contribution in [0.5, 0.6) is 0 Å². The highest BCUT2D eigenvalue weighted by atomic mass is 79.9. The number of ketones is 1. The Kier molecular flexibility index (Phi) is 5.86. The summed E-state index contributed by atoms with van der Waals surface area (Å²) in [4.78, 5) is 12.1. The number of unbranched alkanes of at least 4 members (excludes halogenated alkanes) is 2. The lowest BCUT2D eigenvalue weighted by Crippen LogP contribution is -2.22. The van der Waals surface area contributed by atoms with Crippen LogP contribution in [0.3, 0.4) is 0 Å². The molecule has 1 heterocycles. The van der Waals surface area contributed by atoms with Gasteiger partial charge >= 0.3 is 6.18 Å². The quantitative estimate of drug-likeness (QED) is 0.674. The third-order valence-corrected chi connectivity index (χ3v) is 3.66. The van der Waals surface area contributed by atoms with Crippen molar-refractivity contribution in [3.05, 3.63) is 28.7 Å². The fourth-order valence-electron chi connectivity index (χ4n) is 1.91. The average Bonchev–Trinajstić information content (AvgIpc) is 2.95. The Balaban J connectivity index is 1.75. The molecule has 124 valence electrons. The zero-order valence-corrected chi connectivity index (χ0v) is 13.6. The van der Waals surface area contributed by atoms with Crippen molar-refractivity contribution in [3.8, 4) is 11.4 Å². The number of Topliss-reactive ketones (excluding diaryl/α,β-unsaturated/α-hetero) is 1. The lowest BCUT2D eigenvalue weighted by molar-refractivity contribution is -0.171. The maximum atomic E-state index is 12.0. The van der Waals surface area contributed by atoms with Crippen molar-refractivity contribution in [3.63, 3.8) is 0 Å². The number of hydrogen-bond donors (Lipinski definition) is 0. The minimum atomic E-state index is -4.73. The summed E-state index contributed by atoms with van der Waals surface area (Å²) in [6.45, 7) is 0.448. The van der Waals surface area contributed by atoms with Gasteiger partial charge in [-0.3, -0.25) is 4.79 Å². The van der Waals surface area contributed by atoms with Gasteiger partial charge in [0.2, 0.25) is 11.6 Å². The molecule has 9 heteroatoms. The number of tetrazole rings is 1. The molecule has 0 N–H and O–H groups in total. The van der Waals surface area contributed by atoms with E-state index in [0.29, 0.717) is 25.2 Å². The largest absolute Gasteiger partial charge is 0.449 e. The molecule has 0 amide bonds. The topological polar surface area (TPSA) is 60.7 Å². The van der Waals surface area contributed by atoms with Gasteiger partial charge in [0.1, 0.15) is 0 Å². The average molecular weight is 391 g/mol. The highest BCUT2D eigenvalue weighted by Gasteiger charge is 2.36. The van der Waals surface area contributed by atoms with Crippen LogP contribution in [0.25, 0.3) is 11.4 Å². The van der Waals surface area contributed by atoms with Gasteiger partial charge < -0.3 is 0 Å². The summed E-state index contributed by atoms with van der Waals surface area (Å²) in [5.41, 5.74) is 0.829. The van der Waals surface area contributed by atoms with Crippen LogP contribution in [-0.4, -0.2) is 32.2 Å². The van der Waals surface area contributed by atoms with E-state index in [9.17, 15) is 18.0 Å². The molecule has 1 aromatic heterocycles. The molecule has 0 saturated carbocycles. The second-order valence-electron chi connectivity index (χ2n) is 4.95. The molecule has 0 aliphatic rings. The van der Waals surface area contributed by atoms with Gasteiger partial charge in [-0.2, -0.15) is 18.0 Å². The van der Waals surface area contributed by atoms with Crippen molar-refractivity contribution in [2.24, 2.45) is 0 Å². The number of benzene rings is 1. The molecule has 0 atom stereocenters. The van der Waals surface area contributed by atoms with Crippen molar-refractivity contribution in [1.29, 1.82) is 0 Å². The van der Waals surface area contributed by atoms with Crippen molar-refractivity contribution in [2.75, 3.05) is 0 Å². The predicted octanol–water partition coefficient (Wildman–Crippen LogP) is 3.79. The first-order valence-electron chi connectivity index (χ1n) is 7.00. The molecule has 2 aromatic rings. The Morgan fingerprint density at radius 3 is 2.48 bits per heavy atom. The number of hydrogen-bond acceptors (Lipinski definition) is 4. The highest BCUT2D eigenvalue weighted by Crippen LogP contribution is 2.20. The first kappa shape index (κ1) is 17.6. The van der Waals surface area contributed by atoms with Gasteiger partial charge in [0.25, 0.3) is 0 Å². The number of carbonyl (C=O) groups is 1. The molecule has 0 fully saturated rings. The first-order valence-corrected chi connectivity index (χ1v) is 7.79. The molecule has 2 rings (SSSR count). The van der Waals surface area contributed by atoms with E-state index in [-0.39, 0.29) is 6.42 Å². The van der Waals surface area contributed by atoms with Crippen molar-refractivity contribution in [1.82, 2.24) is 20.2 Å². The number of carbonyl (C=O) groups excluding carboxylic acids is 1. The number of aromatic nitrogens is 4. The zero-order chi connectivity index (χ0) is 16.9. The van der Waals surface area contributed by atoms with Crippen LogP contribution in [0, 0.1) is 0 Å². The van der Waals surface area contributed by atoms with Crippen LogP contribution >= 0.6 is 15.9 Å². The molecule has 0 spiro atoms. The summed E-state index contributed by atoms with van der Waals surface area (Å²) in [5, 5.41) is 12.1. The Bertz CT molecular complexity index is 655. The zero-order valence-electron chi connectivity index (χ0n) is 12.1. The second kappa shape index (κ2) is 7.67. The molecule has 0 aliphatic carbocycles. The Labute approximate surface area is 139 Å². The highest BCUT2D eigenvalue weighted by molar-refractivity contribution is 9.10. The molecular formula is C14H14BrF3N4O. The molecule has 0 radical (unpaired) electrons. The van der Waals surface area contributed by atoms with Gasteiger partial charge in [0, 0.05) is 16.5 Å². The summed E-state index contributed by atoms with van der Waals surface area (Å²) in [7, 11) is 0. The van der Waals surface area contributed by atoms with Crippen LogP contribution in [0.15, 0.2) is 28.7 Å². The standard InChI is InChI=1S/C14H14BrF3N4O/c15-11-7-5-10(6-8-11)13-19-21-22(20-13)9-3-1-2-4-12(23)14(16,17)18/h5-8H,1-4,9H2. The smallest absolute Gasteiger partial charge is 0.290 e. The maximum absolute atomic E-state index is 12.0. The van der Waals surface area contributed by atoms with Crippen LogP contribution < -0.4 is 0 Å². The van der Waals surface area contributed by atoms with Gasteiger partial charge in [-0.25, -0.2) is 0 Å². The van der Waals surface area contributed by atoms with Gasteiger partial charge in [-0.1, -0.05) is 22.4 Å². The Morgan fingerprint density at radius 2 is 1.83 bits per heavy atom. The van der Waals surface area contributed by atoms with E-state index in [4.69, 9.17) is 0 Å². The second-order valence-corrected chi connectivity index (χ2v) is 5.86. The lowest BCUT2D eigenvalue weighted by atomic mass is 10.1. The van der Waals surface area contributed by atoms with Gasteiger partial charge in [-0.05, 0) is 42.3 Å². The molecule has 0 bridgehead atoms. The minimum Gasteiger partial charge on any atom is -0.290 e. The normalized spacial score (nSPS) is 11.7. The van der Waals surface area contributed by atoms with Crippen LogP contribution in [0.1, 0.15) is 25.7 Å². The van der Waals surface area contributed by atoms with E-state index in [1.165, 1.54) is 4.80 Å². The van der Waals surface area contributed by atoms with E-state index in [1.54, 1.807) is 0 Å². The number of aryl methyl sites for hydroxylation is 1. The third-order valence-electron chi connectivity index (χ3n) is 3.13. The molecule has 23 heavy (non-hydrogen) atoms. The summed E-state index contributed by atoms with van der Waals surface area (Å²) < 4.78 is 37.0. The minimum absolute atomic E-state index is 0.201. The molecular weight excluding hydrogens is 377 g/mol. The Hall–Kier alpha value is -1.77. The van der Waals surface area contributed by atoms with Crippen LogP contribution in [0.2, 0.25) is 0 Å². The molecule has 0 aliphatic heterocycles. The maximum Gasteiger partial charge on any atom is 0.449 e.